The van der Waals surface area contributed by atoms with E-state index in [4.69, 9.17) is 5.73 Å². The van der Waals surface area contributed by atoms with Crippen LogP contribution in [-0.2, 0) is 0 Å². The maximum atomic E-state index is 10.1. The summed E-state index contributed by atoms with van der Waals surface area (Å²) < 4.78 is 0. The molecule has 0 aliphatic carbocycles. The fraction of sp³-hybridized carbons (Fsp3) is 0.286. The Labute approximate surface area is 112 Å². The second-order valence-corrected chi connectivity index (χ2v) is 4.54. The van der Waals surface area contributed by atoms with Crippen LogP contribution in [0.5, 0.6) is 0 Å². The number of nitrogens with one attached hydrogen (secondary N) is 1. The number of nitrogens with two attached hydrogens (primary N) is 1. The summed E-state index contributed by atoms with van der Waals surface area (Å²) >= 11 is 0. The van der Waals surface area contributed by atoms with Crippen LogP contribution in [0.25, 0.3) is 0 Å². The molecule has 4 N–H and O–H groups in total. The van der Waals surface area contributed by atoms with E-state index in [2.05, 4.69) is 15.3 Å². The second kappa shape index (κ2) is 5.67. The summed E-state index contributed by atoms with van der Waals surface area (Å²) in [6, 6.07) is 9.06. The van der Waals surface area contributed by atoms with Gasteiger partial charge in [0.15, 0.2) is 0 Å². The highest BCUT2D eigenvalue weighted by Gasteiger charge is 2.08. The summed E-state index contributed by atoms with van der Waals surface area (Å²) in [6.45, 7) is 4.18. The van der Waals surface area contributed by atoms with Gasteiger partial charge < -0.3 is 16.2 Å². The standard InChI is InChI=1S/C14H18N4O/c1-9-7-10(2)18-14(17-9)16-8-13(19)11-3-5-12(15)6-4-11/h3-7,13,19H,8,15H2,1-2H3,(H,16,17,18). The van der Waals surface area contributed by atoms with Gasteiger partial charge in [0.2, 0.25) is 5.95 Å². The smallest absolute Gasteiger partial charge is 0.223 e. The summed E-state index contributed by atoms with van der Waals surface area (Å²) in [6.07, 6.45) is -0.620. The molecule has 1 unspecified atom stereocenters. The van der Waals surface area contributed by atoms with Gasteiger partial charge in [-0.25, -0.2) is 9.97 Å². The average Bonchev–Trinajstić information content (AvgIpc) is 2.36. The third-order valence-electron chi connectivity index (χ3n) is 2.76. The van der Waals surface area contributed by atoms with Crippen LogP contribution < -0.4 is 11.1 Å². The number of aryl methyl sites for hydroxylation is 2. The Morgan fingerprint density at radius 1 is 1.16 bits per heavy atom. The van der Waals surface area contributed by atoms with Gasteiger partial charge in [-0.15, -0.1) is 0 Å². The Morgan fingerprint density at radius 3 is 2.32 bits per heavy atom. The summed E-state index contributed by atoms with van der Waals surface area (Å²) in [4.78, 5) is 8.52. The number of aromatic nitrogens is 2. The molecule has 1 aromatic heterocycles. The van der Waals surface area contributed by atoms with Crippen molar-refractivity contribution in [1.29, 1.82) is 0 Å². The minimum absolute atomic E-state index is 0.354. The van der Waals surface area contributed by atoms with Gasteiger partial charge >= 0.3 is 0 Å². The lowest BCUT2D eigenvalue weighted by Gasteiger charge is -2.13. The van der Waals surface area contributed by atoms with Crippen molar-refractivity contribution in [3.05, 3.63) is 47.3 Å². The van der Waals surface area contributed by atoms with Crippen molar-refractivity contribution in [2.24, 2.45) is 0 Å². The van der Waals surface area contributed by atoms with Crippen LogP contribution in [0, 0.1) is 13.8 Å². The third-order valence-corrected chi connectivity index (χ3v) is 2.76. The van der Waals surface area contributed by atoms with Crippen molar-refractivity contribution in [3.63, 3.8) is 0 Å². The Kier molecular flexibility index (Phi) is 3.97. The maximum Gasteiger partial charge on any atom is 0.223 e. The number of rotatable bonds is 4. The molecule has 5 nitrogen and oxygen atoms in total. The molecule has 0 fully saturated rings. The molecule has 2 aromatic rings. The van der Waals surface area contributed by atoms with Crippen molar-refractivity contribution in [1.82, 2.24) is 9.97 Å². The number of aliphatic hydroxyl groups is 1. The first kappa shape index (κ1) is 13.3. The molecule has 19 heavy (non-hydrogen) atoms. The predicted octanol–water partition coefficient (Wildman–Crippen LogP) is 1.82. The molecule has 100 valence electrons. The highest BCUT2D eigenvalue weighted by molar-refractivity contribution is 5.40. The molecule has 0 saturated carbocycles. The highest BCUT2D eigenvalue weighted by Crippen LogP contribution is 2.15. The average molecular weight is 258 g/mol. The number of hydrogen-bond acceptors (Lipinski definition) is 5. The molecular weight excluding hydrogens is 240 g/mol. The van der Waals surface area contributed by atoms with Crippen LogP contribution in [0.15, 0.2) is 30.3 Å². The molecule has 2 rings (SSSR count). The largest absolute Gasteiger partial charge is 0.399 e. The van der Waals surface area contributed by atoms with Crippen LogP contribution in [-0.4, -0.2) is 21.6 Å². The molecule has 1 atom stereocenters. The fourth-order valence-corrected chi connectivity index (χ4v) is 1.83. The second-order valence-electron chi connectivity index (χ2n) is 4.54. The van der Waals surface area contributed by atoms with Crippen molar-refractivity contribution in [2.45, 2.75) is 20.0 Å². The van der Waals surface area contributed by atoms with Crippen molar-refractivity contribution in [2.75, 3.05) is 17.6 Å². The number of nitrogen functional groups attached to an aromatic ring is 1. The van der Waals surface area contributed by atoms with Gasteiger partial charge in [0.1, 0.15) is 0 Å². The van der Waals surface area contributed by atoms with Gasteiger partial charge in [-0.1, -0.05) is 12.1 Å². The lowest BCUT2D eigenvalue weighted by molar-refractivity contribution is 0.191. The molecule has 1 aromatic carbocycles. The maximum absolute atomic E-state index is 10.1. The lowest BCUT2D eigenvalue weighted by Crippen LogP contribution is -2.14. The highest BCUT2D eigenvalue weighted by atomic mass is 16.3. The van der Waals surface area contributed by atoms with Gasteiger partial charge in [-0.05, 0) is 37.6 Å². The number of benzene rings is 1. The van der Waals surface area contributed by atoms with Crippen molar-refractivity contribution < 1.29 is 5.11 Å². The molecule has 0 aliphatic rings. The molecule has 1 heterocycles. The summed E-state index contributed by atoms with van der Waals surface area (Å²) in [5.74, 6) is 0.534. The number of aliphatic hydroxyl groups excluding tert-OH is 1. The molecule has 0 spiro atoms. The summed E-state index contributed by atoms with van der Waals surface area (Å²) in [5, 5.41) is 13.1. The van der Waals surface area contributed by atoms with Crippen LogP contribution in [0.1, 0.15) is 23.1 Å². The zero-order valence-electron chi connectivity index (χ0n) is 11.1. The lowest BCUT2D eigenvalue weighted by atomic mass is 10.1. The van der Waals surface area contributed by atoms with E-state index in [9.17, 15) is 5.11 Å². The molecule has 0 amide bonds. The predicted molar refractivity (Wildman–Crippen MR) is 75.8 cm³/mol. The first-order chi connectivity index (χ1) is 9.04. The van der Waals surface area contributed by atoms with Crippen molar-refractivity contribution in [3.8, 4) is 0 Å². The van der Waals surface area contributed by atoms with Gasteiger partial charge in [0, 0.05) is 23.6 Å². The zero-order valence-corrected chi connectivity index (χ0v) is 11.1. The van der Waals surface area contributed by atoms with E-state index in [-0.39, 0.29) is 0 Å². The molecule has 0 saturated heterocycles. The van der Waals surface area contributed by atoms with E-state index < -0.39 is 6.10 Å². The SMILES string of the molecule is Cc1cc(C)nc(NCC(O)c2ccc(N)cc2)n1. The Hall–Kier alpha value is -2.14. The number of hydrogen-bond donors (Lipinski definition) is 3. The van der Waals surface area contributed by atoms with Crippen LogP contribution in [0.2, 0.25) is 0 Å². The van der Waals surface area contributed by atoms with E-state index in [0.29, 0.717) is 18.2 Å². The topological polar surface area (TPSA) is 84.1 Å². The van der Waals surface area contributed by atoms with Gasteiger partial charge in [0.05, 0.1) is 6.10 Å². The normalized spacial score (nSPS) is 12.2. The van der Waals surface area contributed by atoms with E-state index in [1.54, 1.807) is 12.1 Å². The monoisotopic (exact) mass is 258 g/mol. The third kappa shape index (κ3) is 3.66. The zero-order chi connectivity index (χ0) is 13.8. The van der Waals surface area contributed by atoms with Crippen LogP contribution >= 0.6 is 0 Å². The molecular formula is C14H18N4O. The molecule has 0 aliphatic heterocycles. The van der Waals surface area contributed by atoms with Gasteiger partial charge in [-0.2, -0.15) is 0 Å². The van der Waals surface area contributed by atoms with Crippen LogP contribution in [0.3, 0.4) is 0 Å². The Bertz CT molecular complexity index is 534. The fourth-order valence-electron chi connectivity index (χ4n) is 1.83. The first-order valence-corrected chi connectivity index (χ1v) is 6.14. The Morgan fingerprint density at radius 2 is 1.74 bits per heavy atom. The van der Waals surface area contributed by atoms with Gasteiger partial charge in [0.25, 0.3) is 0 Å². The van der Waals surface area contributed by atoms with E-state index in [0.717, 1.165) is 17.0 Å². The molecule has 0 bridgehead atoms. The summed E-state index contributed by atoms with van der Waals surface area (Å²) in [7, 11) is 0. The van der Waals surface area contributed by atoms with E-state index in [1.165, 1.54) is 0 Å². The Balaban J connectivity index is 1.99. The number of nitrogens with zero attached hydrogens (tertiary/aromatic N) is 2. The quantitative estimate of drug-likeness (QED) is 0.728. The molecule has 0 radical (unpaired) electrons. The van der Waals surface area contributed by atoms with E-state index in [1.807, 2.05) is 32.0 Å². The minimum atomic E-state index is -0.620. The number of anilines is 2. The summed E-state index contributed by atoms with van der Waals surface area (Å²) in [5.41, 5.74) is 8.90. The minimum Gasteiger partial charge on any atom is -0.399 e. The molecule has 5 heteroatoms. The van der Waals surface area contributed by atoms with E-state index >= 15 is 0 Å². The van der Waals surface area contributed by atoms with Crippen LogP contribution in [0.4, 0.5) is 11.6 Å². The first-order valence-electron chi connectivity index (χ1n) is 6.14. The van der Waals surface area contributed by atoms with Crippen molar-refractivity contribution >= 4 is 11.6 Å². The van der Waals surface area contributed by atoms with Gasteiger partial charge in [-0.3, -0.25) is 0 Å².